The van der Waals surface area contributed by atoms with E-state index in [1.54, 1.807) is 6.08 Å². The maximum Gasteiger partial charge on any atom is -0.0353 e. The van der Waals surface area contributed by atoms with E-state index >= 15 is 0 Å². The molecule has 0 heterocycles. The SMILES string of the molecule is C=CC=C(C)C.C=CCCCCCC. The van der Waals surface area contributed by atoms with Crippen LogP contribution in [-0.4, -0.2) is 0 Å². The van der Waals surface area contributed by atoms with Gasteiger partial charge < -0.3 is 0 Å². The maximum atomic E-state index is 3.66. The van der Waals surface area contributed by atoms with Crippen molar-refractivity contribution >= 4 is 0 Å². The van der Waals surface area contributed by atoms with Gasteiger partial charge in [0.05, 0.1) is 0 Å². The molecular weight excluding hydrogens is 168 g/mol. The minimum absolute atomic E-state index is 1.19. The van der Waals surface area contributed by atoms with Crippen molar-refractivity contribution in [3.8, 4) is 0 Å². The molecular formula is C14H26. The fraction of sp³-hybridized carbons (Fsp3) is 0.571. The van der Waals surface area contributed by atoms with E-state index in [2.05, 4.69) is 20.1 Å². The van der Waals surface area contributed by atoms with Crippen LogP contribution in [0.25, 0.3) is 0 Å². The van der Waals surface area contributed by atoms with E-state index in [4.69, 9.17) is 0 Å². The van der Waals surface area contributed by atoms with Crippen LogP contribution in [0.3, 0.4) is 0 Å². The minimum Gasteiger partial charge on any atom is -0.103 e. The molecule has 0 fully saturated rings. The first-order valence-corrected chi connectivity index (χ1v) is 5.55. The molecule has 0 spiro atoms. The fourth-order valence-corrected chi connectivity index (χ4v) is 0.951. The molecule has 0 atom stereocenters. The van der Waals surface area contributed by atoms with Crippen LogP contribution in [0.15, 0.2) is 37.0 Å². The first kappa shape index (κ1) is 15.7. The third-order valence-corrected chi connectivity index (χ3v) is 1.71. The lowest BCUT2D eigenvalue weighted by Gasteiger charge is -1.91. The Balaban J connectivity index is 0. The summed E-state index contributed by atoms with van der Waals surface area (Å²) in [6.07, 6.45) is 12.4. The van der Waals surface area contributed by atoms with Gasteiger partial charge in [0.25, 0.3) is 0 Å². The Hall–Kier alpha value is -0.780. The second-order valence-electron chi connectivity index (χ2n) is 3.62. The zero-order chi connectivity index (χ0) is 11.2. The van der Waals surface area contributed by atoms with Crippen molar-refractivity contribution in [1.29, 1.82) is 0 Å². The summed E-state index contributed by atoms with van der Waals surface area (Å²) in [4.78, 5) is 0. The number of unbranched alkanes of at least 4 members (excludes halogenated alkanes) is 4. The molecule has 0 aromatic carbocycles. The molecule has 0 heteroatoms. The Morgan fingerprint density at radius 1 is 1.07 bits per heavy atom. The lowest BCUT2D eigenvalue weighted by atomic mass is 10.2. The summed E-state index contributed by atoms with van der Waals surface area (Å²) in [7, 11) is 0. The van der Waals surface area contributed by atoms with Crippen molar-refractivity contribution in [3.05, 3.63) is 37.0 Å². The number of allylic oxidation sites excluding steroid dienone is 4. The van der Waals surface area contributed by atoms with Crippen LogP contribution >= 0.6 is 0 Å². The Labute approximate surface area is 90.4 Å². The van der Waals surface area contributed by atoms with E-state index in [9.17, 15) is 0 Å². The van der Waals surface area contributed by atoms with Gasteiger partial charge in [-0.05, 0) is 26.7 Å². The maximum absolute atomic E-state index is 3.66. The first-order valence-electron chi connectivity index (χ1n) is 5.55. The van der Waals surface area contributed by atoms with Crippen molar-refractivity contribution in [1.82, 2.24) is 0 Å². The van der Waals surface area contributed by atoms with Crippen molar-refractivity contribution in [2.24, 2.45) is 0 Å². The average Bonchev–Trinajstić information content (AvgIpc) is 2.13. The van der Waals surface area contributed by atoms with Crippen LogP contribution in [0.5, 0.6) is 0 Å². The lowest BCUT2D eigenvalue weighted by molar-refractivity contribution is 0.675. The van der Waals surface area contributed by atoms with Crippen LogP contribution < -0.4 is 0 Å². The summed E-state index contributed by atoms with van der Waals surface area (Å²) in [5.74, 6) is 0. The Morgan fingerprint density at radius 3 is 2.00 bits per heavy atom. The largest absolute Gasteiger partial charge is 0.103 e. The normalized spacial score (nSPS) is 8.21. The topological polar surface area (TPSA) is 0 Å². The summed E-state index contributed by atoms with van der Waals surface area (Å²) in [5.41, 5.74) is 1.30. The molecule has 0 radical (unpaired) electrons. The molecule has 14 heavy (non-hydrogen) atoms. The Kier molecular flexibility index (Phi) is 16.5. The van der Waals surface area contributed by atoms with E-state index in [0.717, 1.165) is 0 Å². The van der Waals surface area contributed by atoms with Crippen LogP contribution in [0.2, 0.25) is 0 Å². The Bertz CT molecular complexity index is 147. The molecule has 0 aromatic heterocycles. The molecule has 0 saturated carbocycles. The van der Waals surface area contributed by atoms with Crippen molar-refractivity contribution in [3.63, 3.8) is 0 Å². The van der Waals surface area contributed by atoms with Crippen LogP contribution in [0, 0.1) is 0 Å². The second-order valence-corrected chi connectivity index (χ2v) is 3.62. The summed E-state index contributed by atoms with van der Waals surface area (Å²) in [5, 5.41) is 0. The van der Waals surface area contributed by atoms with E-state index < -0.39 is 0 Å². The van der Waals surface area contributed by atoms with Crippen LogP contribution in [-0.2, 0) is 0 Å². The van der Waals surface area contributed by atoms with Gasteiger partial charge in [-0.25, -0.2) is 0 Å². The van der Waals surface area contributed by atoms with Gasteiger partial charge in [-0.2, -0.15) is 0 Å². The molecule has 0 aromatic rings. The fourth-order valence-electron chi connectivity index (χ4n) is 0.951. The highest BCUT2D eigenvalue weighted by Crippen LogP contribution is 2.01. The Morgan fingerprint density at radius 2 is 1.71 bits per heavy atom. The molecule has 0 aliphatic heterocycles. The third-order valence-electron chi connectivity index (χ3n) is 1.71. The highest BCUT2D eigenvalue weighted by Gasteiger charge is 1.81. The molecule has 0 amide bonds. The first-order chi connectivity index (χ1) is 6.68. The van der Waals surface area contributed by atoms with Gasteiger partial charge in [0, 0.05) is 0 Å². The van der Waals surface area contributed by atoms with E-state index in [1.165, 1.54) is 37.7 Å². The molecule has 0 bridgehead atoms. The minimum atomic E-state index is 1.19. The standard InChI is InChI=1S/C8H16.C6H10/c1-3-5-7-8-6-4-2;1-4-5-6(2)3/h3H,1,4-8H2,2H3;4-5H,1H2,2-3H3. The molecule has 0 nitrogen and oxygen atoms in total. The molecule has 0 N–H and O–H groups in total. The number of rotatable bonds is 6. The van der Waals surface area contributed by atoms with Gasteiger partial charge in [0.15, 0.2) is 0 Å². The lowest BCUT2D eigenvalue weighted by Crippen LogP contribution is -1.71. The third kappa shape index (κ3) is 22.5. The summed E-state index contributed by atoms with van der Waals surface area (Å²) in [6, 6.07) is 0. The highest BCUT2D eigenvalue weighted by atomic mass is 13.9. The van der Waals surface area contributed by atoms with E-state index in [-0.39, 0.29) is 0 Å². The van der Waals surface area contributed by atoms with E-state index in [0.29, 0.717) is 0 Å². The molecule has 82 valence electrons. The zero-order valence-electron chi connectivity index (χ0n) is 10.2. The van der Waals surface area contributed by atoms with Crippen LogP contribution in [0.1, 0.15) is 52.9 Å². The predicted molar refractivity (Wildman–Crippen MR) is 68.6 cm³/mol. The monoisotopic (exact) mass is 194 g/mol. The average molecular weight is 194 g/mol. The summed E-state index contributed by atoms with van der Waals surface area (Å²) in [6.45, 7) is 13.5. The van der Waals surface area contributed by atoms with Gasteiger partial charge in [-0.3, -0.25) is 0 Å². The summed E-state index contributed by atoms with van der Waals surface area (Å²) < 4.78 is 0. The zero-order valence-corrected chi connectivity index (χ0v) is 10.2. The molecule has 0 aliphatic carbocycles. The molecule has 0 rings (SSSR count). The van der Waals surface area contributed by atoms with Gasteiger partial charge in [0.2, 0.25) is 0 Å². The number of hydrogen-bond acceptors (Lipinski definition) is 0. The van der Waals surface area contributed by atoms with Crippen molar-refractivity contribution < 1.29 is 0 Å². The molecule has 0 unspecified atom stereocenters. The molecule has 0 saturated heterocycles. The molecule has 0 aliphatic rings. The quantitative estimate of drug-likeness (QED) is 0.306. The smallest absolute Gasteiger partial charge is 0.0353 e. The van der Waals surface area contributed by atoms with Crippen LogP contribution in [0.4, 0.5) is 0 Å². The second kappa shape index (κ2) is 14.7. The predicted octanol–water partition coefficient (Wildman–Crippen LogP) is 5.28. The highest BCUT2D eigenvalue weighted by molar-refractivity contribution is 5.04. The number of hydrogen-bond donors (Lipinski definition) is 0. The van der Waals surface area contributed by atoms with Gasteiger partial charge in [0.1, 0.15) is 0 Å². The summed E-state index contributed by atoms with van der Waals surface area (Å²) >= 11 is 0. The van der Waals surface area contributed by atoms with Gasteiger partial charge in [-0.1, -0.05) is 56.6 Å². The van der Waals surface area contributed by atoms with Gasteiger partial charge >= 0.3 is 0 Å². The van der Waals surface area contributed by atoms with Gasteiger partial charge in [-0.15, -0.1) is 6.58 Å². The van der Waals surface area contributed by atoms with E-state index in [1.807, 2.05) is 26.0 Å². The van der Waals surface area contributed by atoms with Crippen molar-refractivity contribution in [2.45, 2.75) is 52.9 Å². The van der Waals surface area contributed by atoms with Crippen molar-refractivity contribution in [2.75, 3.05) is 0 Å².